The van der Waals surface area contributed by atoms with Crippen LogP contribution in [-0.4, -0.2) is 37.5 Å². The van der Waals surface area contributed by atoms with Gasteiger partial charge in [0.25, 0.3) is 0 Å². The number of aliphatic imine (C=N–C) groups is 1. The van der Waals surface area contributed by atoms with Crippen molar-refractivity contribution in [3.05, 3.63) is 35.4 Å². The molecular formula is C13H20N4OS. The first kappa shape index (κ1) is 15.4. The first-order valence-corrected chi connectivity index (χ1v) is 7.39. The van der Waals surface area contributed by atoms with Crippen LogP contribution in [0.2, 0.25) is 0 Å². The number of nitrogens with one attached hydrogen (secondary N) is 2. The van der Waals surface area contributed by atoms with Gasteiger partial charge < -0.3 is 16.4 Å². The van der Waals surface area contributed by atoms with Crippen molar-refractivity contribution in [1.29, 1.82) is 0 Å². The Hall–Kier alpha value is -1.69. The van der Waals surface area contributed by atoms with Crippen LogP contribution in [-0.2, 0) is 6.54 Å². The zero-order valence-corrected chi connectivity index (χ0v) is 12.1. The minimum atomic E-state index is -0.413. The highest BCUT2D eigenvalue weighted by Crippen LogP contribution is 2.04. The third kappa shape index (κ3) is 5.65. The van der Waals surface area contributed by atoms with Gasteiger partial charge in [-0.25, -0.2) is 0 Å². The summed E-state index contributed by atoms with van der Waals surface area (Å²) in [6.07, 6.45) is 2.06. The first-order chi connectivity index (χ1) is 9.17. The molecule has 104 valence electrons. The van der Waals surface area contributed by atoms with Crippen molar-refractivity contribution in [2.45, 2.75) is 6.54 Å². The van der Waals surface area contributed by atoms with Gasteiger partial charge in [-0.3, -0.25) is 9.79 Å². The van der Waals surface area contributed by atoms with Gasteiger partial charge in [-0.15, -0.1) is 0 Å². The normalized spacial score (nSPS) is 11.2. The van der Waals surface area contributed by atoms with Gasteiger partial charge in [0, 0.05) is 31.5 Å². The summed E-state index contributed by atoms with van der Waals surface area (Å²) in [7, 11) is 1.73. The molecule has 0 aliphatic rings. The van der Waals surface area contributed by atoms with Crippen LogP contribution >= 0.6 is 11.8 Å². The van der Waals surface area contributed by atoms with E-state index in [4.69, 9.17) is 5.73 Å². The minimum Gasteiger partial charge on any atom is -0.366 e. The second-order valence-corrected chi connectivity index (χ2v) is 4.90. The third-order valence-electron chi connectivity index (χ3n) is 2.49. The van der Waals surface area contributed by atoms with Crippen molar-refractivity contribution in [3.63, 3.8) is 0 Å². The van der Waals surface area contributed by atoms with Crippen LogP contribution in [0.5, 0.6) is 0 Å². The lowest BCUT2D eigenvalue weighted by atomic mass is 10.1. The quantitative estimate of drug-likeness (QED) is 0.409. The number of guanidine groups is 1. The van der Waals surface area contributed by atoms with E-state index in [9.17, 15) is 4.79 Å². The molecule has 19 heavy (non-hydrogen) atoms. The highest BCUT2D eigenvalue weighted by atomic mass is 32.2. The maximum absolute atomic E-state index is 11.1. The molecule has 0 saturated heterocycles. The van der Waals surface area contributed by atoms with E-state index in [-0.39, 0.29) is 0 Å². The van der Waals surface area contributed by atoms with Crippen molar-refractivity contribution in [2.24, 2.45) is 10.7 Å². The van der Waals surface area contributed by atoms with Crippen molar-refractivity contribution in [1.82, 2.24) is 10.6 Å². The molecule has 0 radical (unpaired) electrons. The number of rotatable bonds is 6. The number of thioether (sulfide) groups is 1. The number of benzene rings is 1. The van der Waals surface area contributed by atoms with E-state index in [2.05, 4.69) is 21.9 Å². The van der Waals surface area contributed by atoms with E-state index >= 15 is 0 Å². The molecule has 0 heterocycles. The van der Waals surface area contributed by atoms with E-state index in [1.807, 2.05) is 12.1 Å². The molecule has 6 heteroatoms. The molecule has 0 saturated carbocycles. The van der Waals surface area contributed by atoms with E-state index in [0.717, 1.165) is 23.8 Å². The maximum Gasteiger partial charge on any atom is 0.248 e. The lowest BCUT2D eigenvalue weighted by Crippen LogP contribution is -2.37. The number of nitrogens with zero attached hydrogens (tertiary/aromatic N) is 1. The summed E-state index contributed by atoms with van der Waals surface area (Å²) in [5, 5.41) is 6.39. The molecular weight excluding hydrogens is 260 g/mol. The number of carbonyl (C=O) groups is 1. The molecule has 4 N–H and O–H groups in total. The average Bonchev–Trinajstić information content (AvgIpc) is 2.43. The fourth-order valence-electron chi connectivity index (χ4n) is 1.51. The summed E-state index contributed by atoms with van der Waals surface area (Å²) in [4.78, 5) is 15.2. The highest BCUT2D eigenvalue weighted by Gasteiger charge is 2.02. The Morgan fingerprint density at radius 3 is 2.84 bits per heavy atom. The molecule has 0 aliphatic carbocycles. The minimum absolute atomic E-state index is 0.413. The molecule has 0 unspecified atom stereocenters. The van der Waals surface area contributed by atoms with Gasteiger partial charge in [0.15, 0.2) is 5.96 Å². The Morgan fingerprint density at radius 2 is 2.21 bits per heavy atom. The zero-order chi connectivity index (χ0) is 14.1. The molecule has 0 aromatic heterocycles. The monoisotopic (exact) mass is 280 g/mol. The predicted octanol–water partition coefficient (Wildman–Crippen LogP) is 0.813. The Bertz CT molecular complexity index is 448. The highest BCUT2D eigenvalue weighted by molar-refractivity contribution is 7.98. The second-order valence-electron chi connectivity index (χ2n) is 3.91. The first-order valence-electron chi connectivity index (χ1n) is 5.99. The summed E-state index contributed by atoms with van der Waals surface area (Å²) >= 11 is 1.78. The molecule has 0 spiro atoms. The maximum atomic E-state index is 11.1. The molecule has 5 nitrogen and oxygen atoms in total. The molecule has 1 amide bonds. The van der Waals surface area contributed by atoms with Crippen LogP contribution in [0.4, 0.5) is 0 Å². The van der Waals surface area contributed by atoms with E-state index in [1.54, 1.807) is 30.9 Å². The molecule has 0 bridgehead atoms. The second kappa shape index (κ2) is 8.42. The number of carbonyl (C=O) groups excluding carboxylic acids is 1. The largest absolute Gasteiger partial charge is 0.366 e. The summed E-state index contributed by atoms with van der Waals surface area (Å²) in [5.74, 6) is 1.36. The van der Waals surface area contributed by atoms with E-state index in [0.29, 0.717) is 12.1 Å². The Balaban J connectivity index is 2.50. The summed E-state index contributed by atoms with van der Waals surface area (Å²) in [6.45, 7) is 1.46. The van der Waals surface area contributed by atoms with Crippen LogP contribution in [0.1, 0.15) is 15.9 Å². The van der Waals surface area contributed by atoms with Crippen molar-refractivity contribution >= 4 is 23.6 Å². The fraction of sp³-hybridized carbons (Fsp3) is 0.385. The van der Waals surface area contributed by atoms with Gasteiger partial charge >= 0.3 is 0 Å². The van der Waals surface area contributed by atoms with E-state index in [1.165, 1.54) is 0 Å². The van der Waals surface area contributed by atoms with Gasteiger partial charge in [-0.05, 0) is 24.0 Å². The lowest BCUT2D eigenvalue weighted by molar-refractivity contribution is 0.1000. The SMILES string of the molecule is CN=C(NCCSC)NCc1cccc(C(N)=O)c1. The van der Waals surface area contributed by atoms with Gasteiger partial charge in [0.2, 0.25) is 5.91 Å². The predicted molar refractivity (Wildman–Crippen MR) is 81.5 cm³/mol. The Kier molecular flexibility index (Phi) is 6.81. The standard InChI is InChI=1S/C13H20N4OS/c1-15-13(16-6-7-19-2)17-9-10-4-3-5-11(8-10)12(14)18/h3-5,8H,6-7,9H2,1-2H3,(H2,14,18)(H2,15,16,17). The summed E-state index contributed by atoms with van der Waals surface area (Å²) < 4.78 is 0. The van der Waals surface area contributed by atoms with E-state index < -0.39 is 5.91 Å². The molecule has 1 aromatic rings. The van der Waals surface area contributed by atoms with Crippen LogP contribution in [0.15, 0.2) is 29.3 Å². The van der Waals surface area contributed by atoms with Crippen molar-refractivity contribution < 1.29 is 4.79 Å². The molecule has 1 rings (SSSR count). The smallest absolute Gasteiger partial charge is 0.248 e. The number of hydrogen-bond acceptors (Lipinski definition) is 3. The van der Waals surface area contributed by atoms with Crippen LogP contribution in [0.25, 0.3) is 0 Å². The van der Waals surface area contributed by atoms with Crippen LogP contribution < -0.4 is 16.4 Å². The third-order valence-corrected chi connectivity index (χ3v) is 3.11. The Morgan fingerprint density at radius 1 is 1.42 bits per heavy atom. The molecule has 0 fully saturated rings. The van der Waals surface area contributed by atoms with Crippen molar-refractivity contribution in [2.75, 3.05) is 25.6 Å². The number of amides is 1. The topological polar surface area (TPSA) is 79.5 Å². The van der Waals surface area contributed by atoms with Gasteiger partial charge in [0.1, 0.15) is 0 Å². The van der Waals surface area contributed by atoms with Crippen molar-refractivity contribution in [3.8, 4) is 0 Å². The van der Waals surface area contributed by atoms with Gasteiger partial charge in [0.05, 0.1) is 0 Å². The van der Waals surface area contributed by atoms with Gasteiger partial charge in [-0.2, -0.15) is 11.8 Å². The number of hydrogen-bond donors (Lipinski definition) is 3. The average molecular weight is 280 g/mol. The summed E-state index contributed by atoms with van der Waals surface area (Å²) in [6, 6.07) is 7.25. The lowest BCUT2D eigenvalue weighted by Gasteiger charge is -2.11. The fourth-order valence-corrected chi connectivity index (χ4v) is 1.82. The molecule has 0 atom stereocenters. The van der Waals surface area contributed by atoms with Gasteiger partial charge in [-0.1, -0.05) is 12.1 Å². The Labute approximate surface area is 118 Å². The zero-order valence-electron chi connectivity index (χ0n) is 11.3. The number of primary amides is 1. The van der Waals surface area contributed by atoms with Crippen LogP contribution in [0.3, 0.4) is 0 Å². The number of nitrogens with two attached hydrogens (primary N) is 1. The molecule has 0 aliphatic heterocycles. The molecule has 1 aromatic carbocycles. The summed E-state index contributed by atoms with van der Waals surface area (Å²) in [5.41, 5.74) is 6.76. The van der Waals surface area contributed by atoms with Crippen LogP contribution in [0, 0.1) is 0 Å².